The lowest BCUT2D eigenvalue weighted by molar-refractivity contribution is -0.119. The lowest BCUT2D eigenvalue weighted by Gasteiger charge is -2.10. The Balaban J connectivity index is 2.61. The molecule has 0 spiro atoms. The summed E-state index contributed by atoms with van der Waals surface area (Å²) in [6.45, 7) is 2.82. The minimum absolute atomic E-state index is 0.0800. The van der Waals surface area contributed by atoms with Crippen LogP contribution in [0.5, 0.6) is 0 Å². The van der Waals surface area contributed by atoms with Gasteiger partial charge in [0.1, 0.15) is 0 Å². The Labute approximate surface area is 107 Å². The largest absolute Gasteiger partial charge is 0.376 e. The van der Waals surface area contributed by atoms with Crippen molar-refractivity contribution in [3.63, 3.8) is 0 Å². The lowest BCUT2D eigenvalue weighted by atomic mass is 10.1. The highest BCUT2D eigenvalue weighted by molar-refractivity contribution is 5.99. The van der Waals surface area contributed by atoms with Gasteiger partial charge in [-0.15, -0.1) is 0 Å². The van der Waals surface area contributed by atoms with Crippen molar-refractivity contribution < 1.29 is 9.59 Å². The van der Waals surface area contributed by atoms with Crippen molar-refractivity contribution in [2.24, 2.45) is 0 Å². The van der Waals surface area contributed by atoms with Crippen LogP contribution in [0.15, 0.2) is 24.3 Å². The summed E-state index contributed by atoms with van der Waals surface area (Å²) in [4.78, 5) is 23.1. The number of anilines is 1. The van der Waals surface area contributed by atoms with Crippen LogP contribution in [0.25, 0.3) is 0 Å². The SMILES string of the molecule is CCCNC(=O)CNc1ccccc1C(=O)NC. The summed E-state index contributed by atoms with van der Waals surface area (Å²) in [6, 6.07) is 7.09. The van der Waals surface area contributed by atoms with Gasteiger partial charge in [0.25, 0.3) is 5.91 Å². The highest BCUT2D eigenvalue weighted by Gasteiger charge is 2.09. The van der Waals surface area contributed by atoms with Crippen molar-refractivity contribution in [3.8, 4) is 0 Å². The topological polar surface area (TPSA) is 70.2 Å². The summed E-state index contributed by atoms with van der Waals surface area (Å²) in [6.07, 6.45) is 0.903. The Morgan fingerprint density at radius 3 is 2.61 bits per heavy atom. The van der Waals surface area contributed by atoms with Gasteiger partial charge in [-0.3, -0.25) is 9.59 Å². The molecule has 3 N–H and O–H groups in total. The number of carbonyl (C=O) groups excluding carboxylic acids is 2. The number of benzene rings is 1. The zero-order valence-electron chi connectivity index (χ0n) is 10.7. The minimum Gasteiger partial charge on any atom is -0.376 e. The molecule has 18 heavy (non-hydrogen) atoms. The van der Waals surface area contributed by atoms with Crippen molar-refractivity contribution in [1.29, 1.82) is 0 Å². The first-order chi connectivity index (χ1) is 8.69. The number of carbonyl (C=O) groups is 2. The van der Waals surface area contributed by atoms with E-state index in [1.54, 1.807) is 25.2 Å². The highest BCUT2D eigenvalue weighted by Crippen LogP contribution is 2.14. The molecule has 0 aromatic heterocycles. The first-order valence-corrected chi connectivity index (χ1v) is 6.00. The van der Waals surface area contributed by atoms with E-state index in [0.29, 0.717) is 17.8 Å². The summed E-state index contributed by atoms with van der Waals surface area (Å²) in [5.74, 6) is -0.254. The van der Waals surface area contributed by atoms with Crippen LogP contribution < -0.4 is 16.0 Å². The molecule has 0 saturated heterocycles. The van der Waals surface area contributed by atoms with Crippen molar-refractivity contribution in [1.82, 2.24) is 10.6 Å². The molecular formula is C13H19N3O2. The van der Waals surface area contributed by atoms with Crippen molar-refractivity contribution in [2.75, 3.05) is 25.5 Å². The van der Waals surface area contributed by atoms with Gasteiger partial charge in [0, 0.05) is 19.3 Å². The maximum Gasteiger partial charge on any atom is 0.253 e. The molecule has 0 aliphatic carbocycles. The molecule has 0 radical (unpaired) electrons. The maximum absolute atomic E-state index is 11.6. The van der Waals surface area contributed by atoms with E-state index in [-0.39, 0.29) is 18.4 Å². The van der Waals surface area contributed by atoms with Crippen LogP contribution in [0, 0.1) is 0 Å². The Kier molecular flexibility index (Phi) is 5.70. The Morgan fingerprint density at radius 2 is 1.94 bits per heavy atom. The van der Waals surface area contributed by atoms with Gasteiger partial charge >= 0.3 is 0 Å². The number of hydrogen-bond donors (Lipinski definition) is 3. The second-order valence-electron chi connectivity index (χ2n) is 3.83. The molecule has 1 rings (SSSR count). The molecule has 0 aliphatic heterocycles. The number of hydrogen-bond acceptors (Lipinski definition) is 3. The molecule has 0 aliphatic rings. The van der Waals surface area contributed by atoms with Gasteiger partial charge in [-0.1, -0.05) is 19.1 Å². The fourth-order valence-corrected chi connectivity index (χ4v) is 1.47. The van der Waals surface area contributed by atoms with E-state index in [0.717, 1.165) is 6.42 Å². The predicted molar refractivity (Wildman–Crippen MR) is 71.6 cm³/mol. The van der Waals surface area contributed by atoms with Crippen LogP contribution in [0.3, 0.4) is 0 Å². The summed E-state index contributed by atoms with van der Waals surface area (Å²) >= 11 is 0. The second kappa shape index (κ2) is 7.32. The Bertz CT molecular complexity index is 418. The standard InChI is InChI=1S/C13H19N3O2/c1-3-8-15-12(17)9-16-11-7-5-4-6-10(11)13(18)14-2/h4-7,16H,3,8-9H2,1-2H3,(H,14,18)(H,15,17). The smallest absolute Gasteiger partial charge is 0.253 e. The molecule has 0 fully saturated rings. The van der Waals surface area contributed by atoms with Gasteiger partial charge in [-0.2, -0.15) is 0 Å². The fourth-order valence-electron chi connectivity index (χ4n) is 1.47. The van der Waals surface area contributed by atoms with E-state index in [4.69, 9.17) is 0 Å². The summed E-state index contributed by atoms with van der Waals surface area (Å²) in [7, 11) is 1.58. The van der Waals surface area contributed by atoms with Crippen LogP contribution in [-0.4, -0.2) is 32.0 Å². The second-order valence-corrected chi connectivity index (χ2v) is 3.83. The molecule has 0 heterocycles. The minimum atomic E-state index is -0.174. The van der Waals surface area contributed by atoms with Gasteiger partial charge in [0.05, 0.1) is 12.1 Å². The molecule has 2 amide bonds. The summed E-state index contributed by atoms with van der Waals surface area (Å²) in [5, 5.41) is 8.29. The molecular weight excluding hydrogens is 230 g/mol. The lowest BCUT2D eigenvalue weighted by Crippen LogP contribution is -2.31. The van der Waals surface area contributed by atoms with Crippen molar-refractivity contribution in [3.05, 3.63) is 29.8 Å². The molecule has 0 unspecified atom stereocenters. The average Bonchev–Trinajstić information content (AvgIpc) is 2.42. The quantitative estimate of drug-likeness (QED) is 0.704. The van der Waals surface area contributed by atoms with Crippen LogP contribution in [0.2, 0.25) is 0 Å². The fraction of sp³-hybridized carbons (Fsp3) is 0.385. The molecule has 0 saturated carbocycles. The molecule has 5 heteroatoms. The van der Waals surface area contributed by atoms with Gasteiger partial charge in [-0.05, 0) is 18.6 Å². The first-order valence-electron chi connectivity index (χ1n) is 6.00. The third kappa shape index (κ3) is 4.08. The monoisotopic (exact) mass is 249 g/mol. The summed E-state index contributed by atoms with van der Waals surface area (Å²) < 4.78 is 0. The highest BCUT2D eigenvalue weighted by atomic mass is 16.2. The van der Waals surface area contributed by atoms with E-state index in [1.807, 2.05) is 13.0 Å². The number of para-hydroxylation sites is 1. The van der Waals surface area contributed by atoms with Gasteiger partial charge in [-0.25, -0.2) is 0 Å². The Hall–Kier alpha value is -2.04. The molecule has 1 aromatic rings. The normalized spacial score (nSPS) is 9.67. The van der Waals surface area contributed by atoms with Crippen LogP contribution in [0.4, 0.5) is 5.69 Å². The van der Waals surface area contributed by atoms with E-state index in [2.05, 4.69) is 16.0 Å². The average molecular weight is 249 g/mol. The van der Waals surface area contributed by atoms with Gasteiger partial charge in [0.15, 0.2) is 0 Å². The number of amides is 2. The molecule has 0 atom stereocenters. The summed E-state index contributed by atoms with van der Waals surface area (Å²) in [5.41, 5.74) is 1.19. The predicted octanol–water partition coefficient (Wildman–Crippen LogP) is 0.984. The van der Waals surface area contributed by atoms with E-state index in [9.17, 15) is 9.59 Å². The number of rotatable bonds is 6. The van der Waals surface area contributed by atoms with Crippen LogP contribution >= 0.6 is 0 Å². The van der Waals surface area contributed by atoms with Gasteiger partial charge in [0.2, 0.25) is 5.91 Å². The van der Waals surface area contributed by atoms with Crippen molar-refractivity contribution >= 4 is 17.5 Å². The van der Waals surface area contributed by atoms with E-state index >= 15 is 0 Å². The third-order valence-electron chi connectivity index (χ3n) is 2.41. The molecule has 5 nitrogen and oxygen atoms in total. The number of nitrogens with one attached hydrogen (secondary N) is 3. The van der Waals surface area contributed by atoms with Crippen LogP contribution in [0.1, 0.15) is 23.7 Å². The zero-order valence-corrected chi connectivity index (χ0v) is 10.7. The van der Waals surface area contributed by atoms with Gasteiger partial charge < -0.3 is 16.0 Å². The van der Waals surface area contributed by atoms with E-state index < -0.39 is 0 Å². The first kappa shape index (κ1) is 14.0. The zero-order chi connectivity index (χ0) is 13.4. The molecule has 1 aromatic carbocycles. The third-order valence-corrected chi connectivity index (χ3v) is 2.41. The van der Waals surface area contributed by atoms with Crippen molar-refractivity contribution in [2.45, 2.75) is 13.3 Å². The van der Waals surface area contributed by atoms with E-state index in [1.165, 1.54) is 0 Å². The Morgan fingerprint density at radius 1 is 1.22 bits per heavy atom. The molecule has 0 bridgehead atoms. The van der Waals surface area contributed by atoms with Crippen LogP contribution in [-0.2, 0) is 4.79 Å². The molecule has 98 valence electrons. The maximum atomic E-state index is 11.6.